The summed E-state index contributed by atoms with van der Waals surface area (Å²) < 4.78 is 9.74. The topological polar surface area (TPSA) is 72.9 Å². The van der Waals surface area contributed by atoms with E-state index in [2.05, 4.69) is 4.74 Å². The van der Waals surface area contributed by atoms with Gasteiger partial charge in [-0.05, 0) is 48.9 Å². The molecule has 0 bridgehead atoms. The van der Waals surface area contributed by atoms with Gasteiger partial charge in [-0.3, -0.25) is 14.5 Å². The Morgan fingerprint density at radius 3 is 2.46 bits per heavy atom. The van der Waals surface area contributed by atoms with Gasteiger partial charge in [0.25, 0.3) is 11.1 Å². The highest BCUT2D eigenvalue weighted by molar-refractivity contribution is 8.18. The molecule has 1 heterocycles. The number of methoxy groups -OCH3 is 1. The summed E-state index contributed by atoms with van der Waals surface area (Å²) >= 11 is 13.2. The van der Waals surface area contributed by atoms with E-state index in [1.54, 1.807) is 6.08 Å². The van der Waals surface area contributed by atoms with Crippen LogP contribution in [0.1, 0.15) is 25.8 Å². The van der Waals surface area contributed by atoms with Crippen LogP contribution in [-0.4, -0.2) is 41.8 Å². The van der Waals surface area contributed by atoms with Gasteiger partial charge in [-0.1, -0.05) is 30.1 Å². The molecule has 0 aliphatic carbocycles. The summed E-state index contributed by atoms with van der Waals surface area (Å²) in [5.41, 5.74) is 0.542. The normalized spacial score (nSPS) is 17.0. The van der Waals surface area contributed by atoms with Crippen molar-refractivity contribution in [3.8, 4) is 5.75 Å². The van der Waals surface area contributed by atoms with E-state index in [1.807, 2.05) is 13.8 Å². The summed E-state index contributed by atoms with van der Waals surface area (Å²) in [6.07, 6.45) is 2.23. The number of imide groups is 1. The van der Waals surface area contributed by atoms with Gasteiger partial charge < -0.3 is 9.47 Å². The molecule has 140 valence electrons. The number of thioether (sulfide) groups is 1. The molecular formula is C17H17Cl2NO5S. The maximum Gasteiger partial charge on any atom is 0.343 e. The van der Waals surface area contributed by atoms with Crippen molar-refractivity contribution >= 4 is 58.2 Å². The largest absolute Gasteiger partial charge is 0.479 e. The Hall–Kier alpha value is -1.70. The smallest absolute Gasteiger partial charge is 0.343 e. The Balaban J connectivity index is 2.25. The highest BCUT2D eigenvalue weighted by Crippen LogP contribution is 2.38. The maximum atomic E-state index is 12.4. The number of esters is 1. The van der Waals surface area contributed by atoms with Gasteiger partial charge in [-0.2, -0.15) is 0 Å². The Kier molecular flexibility index (Phi) is 6.97. The van der Waals surface area contributed by atoms with Crippen molar-refractivity contribution in [2.24, 2.45) is 0 Å². The summed E-state index contributed by atoms with van der Waals surface area (Å²) in [5.74, 6) is -0.767. The number of halogens is 2. The zero-order chi connectivity index (χ0) is 19.4. The third kappa shape index (κ3) is 4.52. The Morgan fingerprint density at radius 2 is 1.92 bits per heavy atom. The average Bonchev–Trinajstić information content (AvgIpc) is 2.86. The minimum atomic E-state index is -0.570. The second-order valence-electron chi connectivity index (χ2n) is 5.49. The number of carbonyl (C=O) groups excluding carboxylic acids is 3. The molecule has 1 aromatic carbocycles. The van der Waals surface area contributed by atoms with Crippen LogP contribution in [0.25, 0.3) is 6.08 Å². The Bertz CT molecular complexity index is 757. The molecule has 2 amide bonds. The number of amides is 2. The van der Waals surface area contributed by atoms with Crippen molar-refractivity contribution in [2.75, 3.05) is 13.7 Å². The summed E-state index contributed by atoms with van der Waals surface area (Å²) in [5, 5.41) is 0.0495. The Morgan fingerprint density at radius 1 is 1.31 bits per heavy atom. The van der Waals surface area contributed by atoms with Crippen LogP contribution < -0.4 is 4.74 Å². The van der Waals surface area contributed by atoms with E-state index >= 15 is 0 Å². The maximum absolute atomic E-state index is 12.4. The first-order chi connectivity index (χ1) is 12.3. The molecule has 1 saturated heterocycles. The first-order valence-electron chi connectivity index (χ1n) is 7.74. The molecule has 2 rings (SSSR count). The average molecular weight is 418 g/mol. The quantitative estimate of drug-likeness (QED) is 0.504. The van der Waals surface area contributed by atoms with Crippen molar-refractivity contribution in [3.05, 3.63) is 32.6 Å². The lowest BCUT2D eigenvalue weighted by Gasteiger charge is -2.19. The first kappa shape index (κ1) is 20.6. The third-order valence-electron chi connectivity index (χ3n) is 3.74. The lowest BCUT2D eigenvalue weighted by atomic mass is 10.2. The van der Waals surface area contributed by atoms with Crippen LogP contribution in [0.5, 0.6) is 5.75 Å². The van der Waals surface area contributed by atoms with Crippen molar-refractivity contribution in [3.63, 3.8) is 0 Å². The molecule has 0 aromatic heterocycles. The standard InChI is InChI=1S/C17H17Cl2NO5S/c1-4-9(2)20-16(22)13(26-17(20)23)7-10-5-11(18)15(12(19)6-10)25-8-14(21)24-3/h5-7,9H,4,8H2,1-3H3/b13-7+/t9-/m0/s1. The monoisotopic (exact) mass is 417 g/mol. The van der Waals surface area contributed by atoms with E-state index in [0.29, 0.717) is 16.9 Å². The van der Waals surface area contributed by atoms with E-state index in [1.165, 1.54) is 24.1 Å². The van der Waals surface area contributed by atoms with Crippen LogP contribution in [0.3, 0.4) is 0 Å². The van der Waals surface area contributed by atoms with E-state index in [0.717, 1.165) is 11.8 Å². The molecule has 1 aromatic rings. The van der Waals surface area contributed by atoms with Crippen molar-refractivity contribution in [1.29, 1.82) is 0 Å². The highest BCUT2D eigenvalue weighted by Gasteiger charge is 2.37. The minimum Gasteiger partial charge on any atom is -0.479 e. The SMILES string of the molecule is CC[C@H](C)N1C(=O)S/C(=C/c2cc(Cl)c(OCC(=O)OC)c(Cl)c2)C1=O. The summed E-state index contributed by atoms with van der Waals surface area (Å²) in [6.45, 7) is 3.40. The number of nitrogens with zero attached hydrogens (tertiary/aromatic N) is 1. The zero-order valence-electron chi connectivity index (χ0n) is 14.4. The molecule has 0 N–H and O–H groups in total. The number of carbonyl (C=O) groups is 3. The van der Waals surface area contributed by atoms with Gasteiger partial charge in [0.2, 0.25) is 0 Å². The molecule has 0 unspecified atom stereocenters. The van der Waals surface area contributed by atoms with Crippen molar-refractivity contribution in [2.45, 2.75) is 26.3 Å². The fourth-order valence-corrected chi connectivity index (χ4v) is 3.73. The molecule has 6 nitrogen and oxygen atoms in total. The van der Waals surface area contributed by atoms with Gasteiger partial charge in [0.05, 0.1) is 22.1 Å². The molecule has 1 fully saturated rings. The molecule has 26 heavy (non-hydrogen) atoms. The molecule has 0 saturated carbocycles. The van der Waals surface area contributed by atoms with Gasteiger partial charge >= 0.3 is 5.97 Å². The first-order valence-corrected chi connectivity index (χ1v) is 9.31. The molecule has 9 heteroatoms. The van der Waals surface area contributed by atoms with Crippen LogP contribution in [0, 0.1) is 0 Å². The fraction of sp³-hybridized carbons (Fsp3) is 0.353. The van der Waals surface area contributed by atoms with Crippen LogP contribution in [0.2, 0.25) is 10.0 Å². The van der Waals surface area contributed by atoms with Crippen LogP contribution in [0.4, 0.5) is 4.79 Å². The lowest BCUT2D eigenvalue weighted by Crippen LogP contribution is -2.36. The summed E-state index contributed by atoms with van der Waals surface area (Å²) in [7, 11) is 1.24. The van der Waals surface area contributed by atoms with Crippen LogP contribution in [0.15, 0.2) is 17.0 Å². The zero-order valence-corrected chi connectivity index (χ0v) is 16.7. The molecular weight excluding hydrogens is 401 g/mol. The second kappa shape index (κ2) is 8.79. The number of rotatable bonds is 6. The van der Waals surface area contributed by atoms with E-state index < -0.39 is 5.97 Å². The third-order valence-corrected chi connectivity index (χ3v) is 5.18. The number of ether oxygens (including phenoxy) is 2. The molecule has 1 aliphatic heterocycles. The van der Waals surface area contributed by atoms with Gasteiger partial charge in [0.1, 0.15) is 0 Å². The lowest BCUT2D eigenvalue weighted by molar-refractivity contribution is -0.142. The van der Waals surface area contributed by atoms with Crippen molar-refractivity contribution in [1.82, 2.24) is 4.90 Å². The van der Waals surface area contributed by atoms with Crippen molar-refractivity contribution < 1.29 is 23.9 Å². The fourth-order valence-electron chi connectivity index (χ4n) is 2.18. The Labute approximate surface area is 165 Å². The van der Waals surface area contributed by atoms with Gasteiger partial charge in [0.15, 0.2) is 12.4 Å². The molecule has 0 spiro atoms. The second-order valence-corrected chi connectivity index (χ2v) is 7.30. The van der Waals surface area contributed by atoms with E-state index in [-0.39, 0.29) is 39.6 Å². The number of hydrogen-bond acceptors (Lipinski definition) is 6. The predicted octanol–water partition coefficient (Wildman–Crippen LogP) is 4.38. The van der Waals surface area contributed by atoms with E-state index in [4.69, 9.17) is 27.9 Å². The summed E-state index contributed by atoms with van der Waals surface area (Å²) in [6, 6.07) is 2.91. The highest BCUT2D eigenvalue weighted by atomic mass is 35.5. The molecule has 0 radical (unpaired) electrons. The van der Waals surface area contributed by atoms with Gasteiger partial charge in [-0.15, -0.1) is 0 Å². The van der Waals surface area contributed by atoms with Crippen LogP contribution in [-0.2, 0) is 14.3 Å². The number of hydrogen-bond donors (Lipinski definition) is 0. The number of benzene rings is 1. The van der Waals surface area contributed by atoms with Crippen LogP contribution >= 0.6 is 35.0 Å². The molecule has 1 atom stereocenters. The summed E-state index contributed by atoms with van der Waals surface area (Å²) in [4.78, 5) is 37.2. The van der Waals surface area contributed by atoms with Gasteiger partial charge in [-0.25, -0.2) is 4.79 Å². The van der Waals surface area contributed by atoms with Gasteiger partial charge in [0, 0.05) is 6.04 Å². The minimum absolute atomic E-state index is 0.142. The molecule has 1 aliphatic rings. The van der Waals surface area contributed by atoms with E-state index in [9.17, 15) is 14.4 Å². The predicted molar refractivity (Wildman–Crippen MR) is 102 cm³/mol.